The molecule has 0 unspecified atom stereocenters. The van der Waals surface area contributed by atoms with Crippen LogP contribution < -0.4 is 9.62 Å². The van der Waals surface area contributed by atoms with Gasteiger partial charge in [0.25, 0.3) is 15.9 Å². The lowest BCUT2D eigenvalue weighted by Gasteiger charge is -2.30. The molecule has 0 aliphatic carbocycles. The highest BCUT2D eigenvalue weighted by Crippen LogP contribution is 2.31. The monoisotopic (exact) mass is 330 g/mol. The van der Waals surface area contributed by atoms with Crippen LogP contribution in [0, 0.1) is 0 Å². The Hall–Kier alpha value is -2.34. The minimum atomic E-state index is -3.69. The van der Waals surface area contributed by atoms with Crippen molar-refractivity contribution < 1.29 is 13.2 Å². The summed E-state index contributed by atoms with van der Waals surface area (Å²) in [4.78, 5) is 11.9. The lowest BCUT2D eigenvalue weighted by atomic mass is 10.0. The average Bonchev–Trinajstić information content (AvgIpc) is 2.60. The molecule has 0 radical (unpaired) electrons. The van der Waals surface area contributed by atoms with E-state index in [0.717, 1.165) is 24.1 Å². The first-order valence-electron chi connectivity index (χ1n) is 7.47. The van der Waals surface area contributed by atoms with E-state index in [0.29, 0.717) is 12.1 Å². The van der Waals surface area contributed by atoms with Crippen LogP contribution >= 0.6 is 0 Å². The molecule has 2 aromatic carbocycles. The van der Waals surface area contributed by atoms with Crippen LogP contribution in [0.3, 0.4) is 0 Å². The van der Waals surface area contributed by atoms with Crippen molar-refractivity contribution in [3.05, 3.63) is 59.7 Å². The maximum absolute atomic E-state index is 13.0. The van der Waals surface area contributed by atoms with Crippen LogP contribution in [0.4, 0.5) is 5.69 Å². The maximum atomic E-state index is 13.0. The van der Waals surface area contributed by atoms with Crippen molar-refractivity contribution in [1.82, 2.24) is 5.32 Å². The van der Waals surface area contributed by atoms with Crippen LogP contribution in [0.5, 0.6) is 0 Å². The van der Waals surface area contributed by atoms with E-state index in [2.05, 4.69) is 5.32 Å². The number of anilines is 1. The Morgan fingerprint density at radius 3 is 2.70 bits per heavy atom. The van der Waals surface area contributed by atoms with E-state index in [1.165, 1.54) is 23.5 Å². The molecule has 6 heteroatoms. The largest absolute Gasteiger partial charge is 0.355 e. The molecule has 0 saturated carbocycles. The molecule has 120 valence electrons. The maximum Gasteiger partial charge on any atom is 0.264 e. The van der Waals surface area contributed by atoms with Gasteiger partial charge in [0.05, 0.1) is 10.6 Å². The molecule has 1 heterocycles. The van der Waals surface area contributed by atoms with Crippen molar-refractivity contribution in [3.63, 3.8) is 0 Å². The molecule has 1 aliphatic heterocycles. The summed E-state index contributed by atoms with van der Waals surface area (Å²) in [6.45, 7) is 0.448. The van der Waals surface area contributed by atoms with Gasteiger partial charge in [-0.2, -0.15) is 0 Å². The number of sulfonamides is 1. The lowest BCUT2D eigenvalue weighted by Crippen LogP contribution is -2.35. The Balaban J connectivity index is 2.05. The molecule has 0 aromatic heterocycles. The van der Waals surface area contributed by atoms with E-state index in [-0.39, 0.29) is 10.8 Å². The van der Waals surface area contributed by atoms with E-state index in [4.69, 9.17) is 0 Å². The summed E-state index contributed by atoms with van der Waals surface area (Å²) in [6, 6.07) is 13.7. The van der Waals surface area contributed by atoms with Gasteiger partial charge in [0.2, 0.25) is 0 Å². The van der Waals surface area contributed by atoms with Gasteiger partial charge in [0.15, 0.2) is 0 Å². The number of rotatable bonds is 3. The second-order valence-corrected chi connectivity index (χ2v) is 7.28. The van der Waals surface area contributed by atoms with Crippen LogP contribution in [0.1, 0.15) is 22.3 Å². The van der Waals surface area contributed by atoms with E-state index in [1.807, 2.05) is 24.3 Å². The van der Waals surface area contributed by atoms with Crippen molar-refractivity contribution in [1.29, 1.82) is 0 Å². The Kier molecular flexibility index (Phi) is 4.09. The number of amides is 1. The molecule has 0 bridgehead atoms. The zero-order valence-corrected chi connectivity index (χ0v) is 13.6. The summed E-state index contributed by atoms with van der Waals surface area (Å²) in [5, 5.41) is 2.51. The summed E-state index contributed by atoms with van der Waals surface area (Å²) >= 11 is 0. The van der Waals surface area contributed by atoms with Crippen LogP contribution in [0.2, 0.25) is 0 Å². The van der Waals surface area contributed by atoms with Gasteiger partial charge >= 0.3 is 0 Å². The van der Waals surface area contributed by atoms with Crippen LogP contribution in [0.25, 0.3) is 0 Å². The normalized spacial score (nSPS) is 14.2. The summed E-state index contributed by atoms with van der Waals surface area (Å²) in [5.74, 6) is -0.305. The Labute approximate surface area is 136 Å². The van der Waals surface area contributed by atoms with Gasteiger partial charge in [-0.3, -0.25) is 9.10 Å². The van der Waals surface area contributed by atoms with E-state index in [1.54, 1.807) is 12.1 Å². The number of aryl methyl sites for hydroxylation is 1. The molecule has 0 spiro atoms. The number of hydrogen-bond donors (Lipinski definition) is 1. The molecule has 0 saturated heterocycles. The topological polar surface area (TPSA) is 66.5 Å². The zero-order chi connectivity index (χ0) is 16.4. The second kappa shape index (κ2) is 6.04. The molecular weight excluding hydrogens is 312 g/mol. The number of para-hydroxylation sites is 1. The highest BCUT2D eigenvalue weighted by molar-refractivity contribution is 7.92. The number of nitrogens with one attached hydrogen (secondary N) is 1. The van der Waals surface area contributed by atoms with Gasteiger partial charge < -0.3 is 5.32 Å². The van der Waals surface area contributed by atoms with Crippen molar-refractivity contribution in [3.8, 4) is 0 Å². The van der Waals surface area contributed by atoms with Crippen molar-refractivity contribution in [2.75, 3.05) is 17.9 Å². The number of carbonyl (C=O) groups excluding carboxylic acids is 1. The Bertz CT molecular complexity index is 846. The second-order valence-electron chi connectivity index (χ2n) is 5.42. The molecule has 23 heavy (non-hydrogen) atoms. The highest BCUT2D eigenvalue weighted by atomic mass is 32.2. The van der Waals surface area contributed by atoms with Gasteiger partial charge in [-0.1, -0.05) is 24.3 Å². The molecule has 3 rings (SSSR count). The minimum Gasteiger partial charge on any atom is -0.355 e. The predicted octanol–water partition coefficient (Wildman–Crippen LogP) is 2.19. The first kappa shape index (κ1) is 15.6. The summed E-state index contributed by atoms with van der Waals surface area (Å²) in [5.41, 5.74) is 2.09. The van der Waals surface area contributed by atoms with E-state index in [9.17, 15) is 13.2 Å². The highest BCUT2D eigenvalue weighted by Gasteiger charge is 2.29. The average molecular weight is 330 g/mol. The smallest absolute Gasteiger partial charge is 0.264 e. The van der Waals surface area contributed by atoms with Gasteiger partial charge in [-0.05, 0) is 42.7 Å². The zero-order valence-electron chi connectivity index (χ0n) is 12.8. The minimum absolute atomic E-state index is 0.135. The molecule has 5 nitrogen and oxygen atoms in total. The van der Waals surface area contributed by atoms with E-state index >= 15 is 0 Å². The van der Waals surface area contributed by atoms with Crippen molar-refractivity contribution in [2.24, 2.45) is 0 Å². The quantitative estimate of drug-likeness (QED) is 0.938. The first-order chi connectivity index (χ1) is 11.0. The number of carbonyl (C=O) groups is 1. The van der Waals surface area contributed by atoms with Crippen LogP contribution in [-0.4, -0.2) is 27.9 Å². The fourth-order valence-electron chi connectivity index (χ4n) is 2.82. The third-order valence-corrected chi connectivity index (χ3v) is 5.79. The fraction of sp³-hybridized carbons (Fsp3) is 0.235. The Morgan fingerprint density at radius 1 is 1.13 bits per heavy atom. The molecule has 1 N–H and O–H groups in total. The van der Waals surface area contributed by atoms with E-state index < -0.39 is 10.0 Å². The predicted molar refractivity (Wildman–Crippen MR) is 89.1 cm³/mol. The lowest BCUT2D eigenvalue weighted by molar-refractivity contribution is 0.0963. The third-order valence-electron chi connectivity index (χ3n) is 3.98. The van der Waals surface area contributed by atoms with Gasteiger partial charge in [0.1, 0.15) is 0 Å². The van der Waals surface area contributed by atoms with Crippen LogP contribution in [0.15, 0.2) is 53.4 Å². The Morgan fingerprint density at radius 2 is 1.91 bits per heavy atom. The number of benzene rings is 2. The molecule has 1 aliphatic rings. The molecule has 1 amide bonds. The standard InChI is InChI=1S/C17H18N2O3S/c1-18-17(20)14-7-4-9-15(12-14)23(21,22)19-11-5-8-13-6-2-3-10-16(13)19/h2-4,6-7,9-10,12H,5,8,11H2,1H3,(H,18,20). The molecule has 0 fully saturated rings. The number of nitrogens with zero attached hydrogens (tertiary/aromatic N) is 1. The van der Waals surface area contributed by atoms with Gasteiger partial charge in [-0.25, -0.2) is 8.42 Å². The fourth-order valence-corrected chi connectivity index (χ4v) is 4.41. The van der Waals surface area contributed by atoms with Gasteiger partial charge in [0, 0.05) is 19.2 Å². The molecule has 2 aromatic rings. The summed E-state index contributed by atoms with van der Waals surface area (Å²) in [7, 11) is -2.17. The SMILES string of the molecule is CNC(=O)c1cccc(S(=O)(=O)N2CCCc3ccccc32)c1. The number of fused-ring (bicyclic) bond motifs is 1. The molecular formula is C17H18N2O3S. The summed E-state index contributed by atoms with van der Waals surface area (Å²) < 4.78 is 27.5. The van der Waals surface area contributed by atoms with Crippen LogP contribution in [-0.2, 0) is 16.4 Å². The third kappa shape index (κ3) is 2.82. The number of hydrogen-bond acceptors (Lipinski definition) is 3. The van der Waals surface area contributed by atoms with Crippen molar-refractivity contribution >= 4 is 21.6 Å². The van der Waals surface area contributed by atoms with Crippen molar-refractivity contribution in [2.45, 2.75) is 17.7 Å². The van der Waals surface area contributed by atoms with Gasteiger partial charge in [-0.15, -0.1) is 0 Å². The summed E-state index contributed by atoms with van der Waals surface area (Å²) in [6.07, 6.45) is 1.66. The molecule has 0 atom stereocenters. The first-order valence-corrected chi connectivity index (χ1v) is 8.91.